The molecule has 1 aromatic rings. The van der Waals surface area contributed by atoms with Crippen LogP contribution in [0.15, 0.2) is 30.3 Å². The summed E-state index contributed by atoms with van der Waals surface area (Å²) in [7, 11) is -1.26. The molecule has 0 aliphatic carbocycles. The minimum absolute atomic E-state index is 1.26. The van der Waals surface area contributed by atoms with Gasteiger partial charge in [-0.25, -0.2) is 0 Å². The predicted octanol–water partition coefficient (Wildman–Crippen LogP) is 3.02. The van der Waals surface area contributed by atoms with Crippen LogP contribution in [-0.2, 0) is 0 Å². The first-order chi connectivity index (χ1) is 8.18. The molecule has 1 heterocycles. The molecule has 94 valence electrons. The molecule has 0 unspecified atom stereocenters. The summed E-state index contributed by atoms with van der Waals surface area (Å²) in [5.74, 6) is 0. The lowest BCUT2D eigenvalue weighted by Gasteiger charge is -2.30. The van der Waals surface area contributed by atoms with Gasteiger partial charge in [0, 0.05) is 0 Å². The van der Waals surface area contributed by atoms with E-state index < -0.39 is 8.07 Å². The third-order valence-electron chi connectivity index (χ3n) is 3.87. The second-order valence-corrected chi connectivity index (χ2v) is 10.6. The second kappa shape index (κ2) is 5.83. The Hall–Kier alpha value is -0.603. The zero-order chi connectivity index (χ0) is 12.1. The molecule has 2 heteroatoms. The van der Waals surface area contributed by atoms with Gasteiger partial charge in [-0.3, -0.25) is 0 Å². The van der Waals surface area contributed by atoms with Crippen molar-refractivity contribution in [1.29, 1.82) is 0 Å². The van der Waals surface area contributed by atoms with Gasteiger partial charge in [0.25, 0.3) is 0 Å². The minimum atomic E-state index is -1.26. The van der Waals surface area contributed by atoms with Crippen molar-refractivity contribution < 1.29 is 0 Å². The number of benzene rings is 1. The molecular formula is C15H25NSi. The molecule has 1 nitrogen and oxygen atoms in total. The summed E-state index contributed by atoms with van der Waals surface area (Å²) in [4.78, 5) is 2.71. The molecule has 0 amide bonds. The molecule has 1 fully saturated rings. The van der Waals surface area contributed by atoms with Gasteiger partial charge in [-0.1, -0.05) is 61.5 Å². The van der Waals surface area contributed by atoms with Crippen molar-refractivity contribution in [2.45, 2.75) is 38.8 Å². The Morgan fingerprint density at radius 3 is 2.12 bits per heavy atom. The average molecular weight is 247 g/mol. The third kappa shape index (κ3) is 3.68. The van der Waals surface area contributed by atoms with Gasteiger partial charge in [-0.15, -0.1) is 0 Å². The topological polar surface area (TPSA) is 3.24 Å². The van der Waals surface area contributed by atoms with E-state index in [1.807, 2.05) is 0 Å². The maximum absolute atomic E-state index is 2.71. The fraction of sp³-hybridized carbons (Fsp3) is 0.600. The highest BCUT2D eigenvalue weighted by Crippen LogP contribution is 2.13. The Labute approximate surface area is 107 Å². The van der Waals surface area contributed by atoms with Crippen molar-refractivity contribution in [3.05, 3.63) is 30.3 Å². The highest BCUT2D eigenvalue weighted by molar-refractivity contribution is 6.89. The van der Waals surface area contributed by atoms with Crippen molar-refractivity contribution in [2.75, 3.05) is 19.3 Å². The van der Waals surface area contributed by atoms with E-state index in [1.54, 1.807) is 5.19 Å². The largest absolute Gasteiger partial charge is 0.306 e. The molecule has 17 heavy (non-hydrogen) atoms. The molecule has 0 aromatic heterocycles. The average Bonchev–Trinajstić information content (AvgIpc) is 2.58. The summed E-state index contributed by atoms with van der Waals surface area (Å²) < 4.78 is 0. The van der Waals surface area contributed by atoms with Crippen LogP contribution in [-0.4, -0.2) is 32.2 Å². The van der Waals surface area contributed by atoms with E-state index in [9.17, 15) is 0 Å². The molecule has 0 saturated carbocycles. The lowest BCUT2D eigenvalue weighted by molar-refractivity contribution is 0.326. The van der Waals surface area contributed by atoms with Gasteiger partial charge < -0.3 is 4.90 Å². The van der Waals surface area contributed by atoms with Crippen LogP contribution in [0, 0.1) is 0 Å². The van der Waals surface area contributed by atoms with Crippen LogP contribution in [0.3, 0.4) is 0 Å². The van der Waals surface area contributed by atoms with Crippen LogP contribution in [0.25, 0.3) is 0 Å². The van der Waals surface area contributed by atoms with Crippen molar-refractivity contribution in [2.24, 2.45) is 0 Å². The minimum Gasteiger partial charge on any atom is -0.306 e. The monoisotopic (exact) mass is 247 g/mol. The number of nitrogens with zero attached hydrogens (tertiary/aromatic N) is 1. The first kappa shape index (κ1) is 12.8. The van der Waals surface area contributed by atoms with Crippen LogP contribution in [0.1, 0.15) is 25.7 Å². The van der Waals surface area contributed by atoms with Gasteiger partial charge in [-0.05, 0) is 32.1 Å². The Morgan fingerprint density at radius 2 is 1.53 bits per heavy atom. The predicted molar refractivity (Wildman–Crippen MR) is 78.5 cm³/mol. The Kier molecular flexibility index (Phi) is 4.40. The SMILES string of the molecule is C[Si](C)(CN1CCCCCC1)c1ccccc1. The van der Waals surface area contributed by atoms with Crippen molar-refractivity contribution in [3.8, 4) is 0 Å². The van der Waals surface area contributed by atoms with E-state index in [4.69, 9.17) is 0 Å². The Morgan fingerprint density at radius 1 is 0.941 bits per heavy atom. The van der Waals surface area contributed by atoms with Crippen molar-refractivity contribution in [1.82, 2.24) is 4.90 Å². The van der Waals surface area contributed by atoms with Crippen LogP contribution in [0.4, 0.5) is 0 Å². The van der Waals surface area contributed by atoms with Crippen LogP contribution < -0.4 is 5.19 Å². The molecule has 2 rings (SSSR count). The van der Waals surface area contributed by atoms with Gasteiger partial charge >= 0.3 is 0 Å². The van der Waals surface area contributed by atoms with Gasteiger partial charge in [0.05, 0.1) is 8.07 Å². The molecular weight excluding hydrogens is 222 g/mol. The van der Waals surface area contributed by atoms with Gasteiger partial charge in [-0.2, -0.15) is 0 Å². The van der Waals surface area contributed by atoms with Crippen molar-refractivity contribution >= 4 is 13.3 Å². The lowest BCUT2D eigenvalue weighted by atomic mass is 10.2. The third-order valence-corrected chi connectivity index (χ3v) is 7.01. The highest BCUT2D eigenvalue weighted by atomic mass is 28.3. The van der Waals surface area contributed by atoms with Crippen LogP contribution in [0.5, 0.6) is 0 Å². The fourth-order valence-electron chi connectivity index (χ4n) is 2.83. The zero-order valence-corrected chi connectivity index (χ0v) is 12.3. The summed E-state index contributed by atoms with van der Waals surface area (Å²) in [6.07, 6.45) is 7.00. The van der Waals surface area contributed by atoms with E-state index in [-0.39, 0.29) is 0 Å². The van der Waals surface area contributed by atoms with Crippen LogP contribution >= 0.6 is 0 Å². The maximum atomic E-state index is 2.71. The normalized spacial score (nSPS) is 18.9. The molecule has 1 saturated heterocycles. The first-order valence-electron chi connectivity index (χ1n) is 6.96. The summed E-state index contributed by atoms with van der Waals surface area (Å²) >= 11 is 0. The number of hydrogen-bond acceptors (Lipinski definition) is 1. The highest BCUT2D eigenvalue weighted by Gasteiger charge is 2.26. The lowest BCUT2D eigenvalue weighted by Crippen LogP contribution is -2.52. The van der Waals surface area contributed by atoms with E-state index in [0.717, 1.165) is 0 Å². The van der Waals surface area contributed by atoms with Gasteiger partial charge in [0.1, 0.15) is 0 Å². The smallest absolute Gasteiger partial charge is 0.0948 e. The maximum Gasteiger partial charge on any atom is 0.0948 e. The van der Waals surface area contributed by atoms with E-state index in [1.165, 1.54) is 44.9 Å². The second-order valence-electron chi connectivity index (χ2n) is 5.94. The fourth-order valence-corrected chi connectivity index (χ4v) is 5.55. The summed E-state index contributed by atoms with van der Waals surface area (Å²) in [6.45, 7) is 7.66. The molecule has 0 radical (unpaired) electrons. The number of likely N-dealkylation sites (tertiary alicyclic amines) is 1. The van der Waals surface area contributed by atoms with E-state index in [0.29, 0.717) is 0 Å². The van der Waals surface area contributed by atoms with Crippen molar-refractivity contribution in [3.63, 3.8) is 0 Å². The molecule has 0 spiro atoms. The summed E-state index contributed by atoms with van der Waals surface area (Å²) in [5.41, 5.74) is 0. The molecule has 1 aromatic carbocycles. The van der Waals surface area contributed by atoms with Gasteiger partial charge in [0.2, 0.25) is 0 Å². The summed E-state index contributed by atoms with van der Waals surface area (Å²) in [5, 5.41) is 1.60. The Balaban J connectivity index is 2.01. The van der Waals surface area contributed by atoms with Gasteiger partial charge in [0.15, 0.2) is 0 Å². The number of rotatable bonds is 3. The standard InChI is InChI=1S/C15H25NSi/c1-17(2,15-10-6-5-7-11-15)14-16-12-8-3-4-9-13-16/h5-7,10-11H,3-4,8-9,12-14H2,1-2H3. The molecule has 0 N–H and O–H groups in total. The quantitative estimate of drug-likeness (QED) is 0.742. The zero-order valence-electron chi connectivity index (χ0n) is 11.3. The summed E-state index contributed by atoms with van der Waals surface area (Å²) in [6, 6.07) is 11.1. The molecule has 1 aliphatic heterocycles. The molecule has 1 aliphatic rings. The number of hydrogen-bond donors (Lipinski definition) is 0. The van der Waals surface area contributed by atoms with E-state index in [2.05, 4.69) is 48.3 Å². The van der Waals surface area contributed by atoms with E-state index >= 15 is 0 Å². The Bertz CT molecular complexity index is 326. The molecule has 0 bridgehead atoms. The molecule has 0 atom stereocenters. The first-order valence-corrected chi connectivity index (χ1v) is 10.2. The van der Waals surface area contributed by atoms with Crippen LogP contribution in [0.2, 0.25) is 13.1 Å².